The molecule has 20 heavy (non-hydrogen) atoms. The molecule has 0 spiro atoms. The van der Waals surface area contributed by atoms with Crippen molar-refractivity contribution in [3.05, 3.63) is 35.9 Å². The van der Waals surface area contributed by atoms with Gasteiger partial charge in [-0.25, -0.2) is 13.1 Å². The van der Waals surface area contributed by atoms with Gasteiger partial charge in [0.1, 0.15) is 0 Å². The first-order valence-electron chi connectivity index (χ1n) is 6.67. The summed E-state index contributed by atoms with van der Waals surface area (Å²) in [4.78, 5) is 11.6. The van der Waals surface area contributed by atoms with E-state index in [2.05, 4.69) is 4.72 Å². The highest BCUT2D eigenvalue weighted by atomic mass is 32.2. The lowest BCUT2D eigenvalue weighted by molar-refractivity contribution is -0.122. The molecule has 3 N–H and O–H groups in total. The Kier molecular flexibility index (Phi) is 4.45. The summed E-state index contributed by atoms with van der Waals surface area (Å²) >= 11 is 0. The lowest BCUT2D eigenvalue weighted by Crippen LogP contribution is -2.32. The van der Waals surface area contributed by atoms with Crippen LogP contribution in [0.5, 0.6) is 0 Å². The molecule has 1 aromatic carbocycles. The zero-order chi connectivity index (χ0) is 14.8. The van der Waals surface area contributed by atoms with Gasteiger partial charge in [0.05, 0.1) is 6.26 Å². The maximum absolute atomic E-state index is 11.6. The maximum Gasteiger partial charge on any atom is 0.221 e. The minimum Gasteiger partial charge on any atom is -0.369 e. The van der Waals surface area contributed by atoms with Gasteiger partial charge < -0.3 is 5.73 Å². The number of rotatable bonds is 5. The molecule has 1 aliphatic rings. The predicted molar refractivity (Wildman–Crippen MR) is 77.4 cm³/mol. The molecule has 3 atom stereocenters. The minimum absolute atomic E-state index is 0.0112. The van der Waals surface area contributed by atoms with Crippen molar-refractivity contribution >= 4 is 15.9 Å². The van der Waals surface area contributed by atoms with E-state index in [9.17, 15) is 13.2 Å². The second kappa shape index (κ2) is 5.93. The molecule has 1 amide bonds. The van der Waals surface area contributed by atoms with E-state index < -0.39 is 10.0 Å². The van der Waals surface area contributed by atoms with Gasteiger partial charge in [0.15, 0.2) is 0 Å². The van der Waals surface area contributed by atoms with Gasteiger partial charge in [0.2, 0.25) is 15.9 Å². The highest BCUT2D eigenvalue weighted by Gasteiger charge is 2.40. The van der Waals surface area contributed by atoms with Crippen molar-refractivity contribution in [1.82, 2.24) is 4.72 Å². The molecule has 0 radical (unpaired) electrons. The van der Waals surface area contributed by atoms with Crippen molar-refractivity contribution in [1.29, 1.82) is 0 Å². The molecule has 5 nitrogen and oxygen atoms in total. The number of primary amides is 1. The van der Waals surface area contributed by atoms with Crippen molar-refractivity contribution in [2.45, 2.75) is 18.8 Å². The van der Waals surface area contributed by atoms with Crippen LogP contribution in [-0.2, 0) is 14.8 Å². The van der Waals surface area contributed by atoms with Gasteiger partial charge in [-0.15, -0.1) is 0 Å². The summed E-state index contributed by atoms with van der Waals surface area (Å²) in [5.41, 5.74) is 6.54. The molecule has 6 heteroatoms. The predicted octanol–water partition coefficient (Wildman–Crippen LogP) is 0.831. The standard InChI is InChI=1S/C14H20N2O3S/c1-20(18,19)16-9-11-7-8-12(14(15)17)13(11)10-5-3-2-4-6-10/h2-6,11-13,16H,7-9H2,1H3,(H2,15,17). The number of amides is 1. The molecule has 2 rings (SSSR count). The number of benzene rings is 1. The Bertz CT molecular complexity index is 571. The number of carbonyl (C=O) groups excluding carboxylic acids is 1. The summed E-state index contributed by atoms with van der Waals surface area (Å²) in [6, 6.07) is 9.71. The van der Waals surface area contributed by atoms with E-state index in [0.717, 1.165) is 18.2 Å². The quantitative estimate of drug-likeness (QED) is 0.843. The van der Waals surface area contributed by atoms with E-state index in [0.29, 0.717) is 13.0 Å². The van der Waals surface area contributed by atoms with Crippen molar-refractivity contribution in [3.63, 3.8) is 0 Å². The van der Waals surface area contributed by atoms with Crippen molar-refractivity contribution in [3.8, 4) is 0 Å². The summed E-state index contributed by atoms with van der Waals surface area (Å²) in [5.74, 6) is -0.433. The Morgan fingerprint density at radius 1 is 1.30 bits per heavy atom. The minimum atomic E-state index is -3.22. The first-order valence-corrected chi connectivity index (χ1v) is 8.56. The van der Waals surface area contributed by atoms with E-state index >= 15 is 0 Å². The third-order valence-electron chi connectivity index (χ3n) is 3.95. The molecule has 1 aliphatic carbocycles. The molecule has 0 aromatic heterocycles. The van der Waals surface area contributed by atoms with E-state index in [1.54, 1.807) is 0 Å². The molecule has 0 heterocycles. The maximum atomic E-state index is 11.6. The number of carbonyl (C=O) groups is 1. The Morgan fingerprint density at radius 3 is 2.50 bits per heavy atom. The fourth-order valence-corrected chi connectivity index (χ4v) is 3.58. The number of hydrogen-bond donors (Lipinski definition) is 2. The van der Waals surface area contributed by atoms with Crippen LogP contribution in [-0.4, -0.2) is 27.1 Å². The lowest BCUT2D eigenvalue weighted by Gasteiger charge is -2.24. The second-order valence-electron chi connectivity index (χ2n) is 5.40. The fourth-order valence-electron chi connectivity index (χ4n) is 3.07. The third-order valence-corrected chi connectivity index (χ3v) is 4.64. The van der Waals surface area contributed by atoms with Gasteiger partial charge >= 0.3 is 0 Å². The Balaban J connectivity index is 2.21. The Morgan fingerprint density at radius 2 is 1.95 bits per heavy atom. The molecule has 1 saturated carbocycles. The van der Waals surface area contributed by atoms with Gasteiger partial charge in [-0.05, 0) is 30.2 Å². The largest absolute Gasteiger partial charge is 0.369 e. The van der Waals surface area contributed by atoms with Crippen molar-refractivity contribution in [2.24, 2.45) is 17.6 Å². The van der Waals surface area contributed by atoms with Crippen LogP contribution < -0.4 is 10.5 Å². The SMILES string of the molecule is CS(=O)(=O)NCC1CCC(C(N)=O)C1c1ccccc1. The number of hydrogen-bond acceptors (Lipinski definition) is 3. The summed E-state index contributed by atoms with van der Waals surface area (Å²) in [6.45, 7) is 0.349. The van der Waals surface area contributed by atoms with E-state index in [1.807, 2.05) is 30.3 Å². The summed E-state index contributed by atoms with van der Waals surface area (Å²) in [7, 11) is -3.22. The van der Waals surface area contributed by atoms with E-state index in [4.69, 9.17) is 5.73 Å². The smallest absolute Gasteiger partial charge is 0.221 e. The van der Waals surface area contributed by atoms with Gasteiger partial charge in [0, 0.05) is 12.5 Å². The Labute approximate surface area is 119 Å². The normalized spacial score (nSPS) is 26.6. The van der Waals surface area contributed by atoms with Gasteiger partial charge in [0.25, 0.3) is 0 Å². The molecule has 0 bridgehead atoms. The number of nitrogens with one attached hydrogen (secondary N) is 1. The molecule has 0 saturated heterocycles. The average molecular weight is 296 g/mol. The van der Waals surface area contributed by atoms with Gasteiger partial charge in [-0.3, -0.25) is 4.79 Å². The zero-order valence-corrected chi connectivity index (χ0v) is 12.3. The fraction of sp³-hybridized carbons (Fsp3) is 0.500. The third kappa shape index (κ3) is 3.58. The van der Waals surface area contributed by atoms with Crippen LogP contribution in [0, 0.1) is 11.8 Å². The van der Waals surface area contributed by atoms with E-state index in [1.165, 1.54) is 0 Å². The summed E-state index contributed by atoms with van der Waals surface area (Å²) in [5, 5.41) is 0. The van der Waals surface area contributed by atoms with Crippen LogP contribution in [0.25, 0.3) is 0 Å². The number of nitrogens with two attached hydrogens (primary N) is 1. The molecule has 110 valence electrons. The van der Waals surface area contributed by atoms with Crippen LogP contribution in [0.15, 0.2) is 30.3 Å². The molecule has 3 unspecified atom stereocenters. The molecule has 1 fully saturated rings. The average Bonchev–Trinajstić information content (AvgIpc) is 2.80. The molecular weight excluding hydrogens is 276 g/mol. The second-order valence-corrected chi connectivity index (χ2v) is 7.24. The van der Waals surface area contributed by atoms with Crippen molar-refractivity contribution in [2.75, 3.05) is 12.8 Å². The summed E-state index contributed by atoms with van der Waals surface area (Å²) < 4.78 is 25.0. The monoisotopic (exact) mass is 296 g/mol. The lowest BCUT2D eigenvalue weighted by atomic mass is 9.83. The number of sulfonamides is 1. The Hall–Kier alpha value is -1.40. The van der Waals surface area contributed by atoms with Crippen molar-refractivity contribution < 1.29 is 13.2 Å². The van der Waals surface area contributed by atoms with Crippen LogP contribution in [0.2, 0.25) is 0 Å². The molecule has 1 aromatic rings. The van der Waals surface area contributed by atoms with Crippen LogP contribution in [0.4, 0.5) is 0 Å². The van der Waals surface area contributed by atoms with Crippen LogP contribution in [0.1, 0.15) is 24.3 Å². The van der Waals surface area contributed by atoms with E-state index in [-0.39, 0.29) is 23.7 Å². The highest BCUT2D eigenvalue weighted by molar-refractivity contribution is 7.88. The van der Waals surface area contributed by atoms with Gasteiger partial charge in [-0.1, -0.05) is 30.3 Å². The topological polar surface area (TPSA) is 89.3 Å². The first kappa shape index (κ1) is 15.0. The summed E-state index contributed by atoms with van der Waals surface area (Å²) in [6.07, 6.45) is 2.66. The van der Waals surface area contributed by atoms with Crippen LogP contribution in [0.3, 0.4) is 0 Å². The van der Waals surface area contributed by atoms with Gasteiger partial charge in [-0.2, -0.15) is 0 Å². The molecule has 0 aliphatic heterocycles. The highest BCUT2D eigenvalue weighted by Crippen LogP contribution is 2.43. The first-order chi connectivity index (χ1) is 9.38. The van der Waals surface area contributed by atoms with Crippen LogP contribution >= 0.6 is 0 Å². The zero-order valence-electron chi connectivity index (χ0n) is 11.5. The molecular formula is C14H20N2O3S.